The fraction of sp³-hybridized carbons (Fsp3) is 0.667. The first-order valence-corrected chi connectivity index (χ1v) is 6.07. The molecule has 18 heavy (non-hydrogen) atoms. The molecule has 1 amide bonds. The number of rotatable bonds is 6. The molecule has 0 aliphatic rings. The molecule has 0 aliphatic heterocycles. The number of hydrogen-bond donors (Lipinski definition) is 2. The van der Waals surface area contributed by atoms with Crippen LogP contribution in [0.1, 0.15) is 44.2 Å². The van der Waals surface area contributed by atoms with Gasteiger partial charge in [-0.25, -0.2) is 0 Å². The van der Waals surface area contributed by atoms with E-state index in [1.165, 1.54) is 0 Å². The summed E-state index contributed by atoms with van der Waals surface area (Å²) >= 11 is 0. The van der Waals surface area contributed by atoms with E-state index in [1.54, 1.807) is 0 Å². The third-order valence-electron chi connectivity index (χ3n) is 2.58. The lowest BCUT2D eigenvalue weighted by Crippen LogP contribution is -2.29. The molecule has 0 aliphatic carbocycles. The average Bonchev–Trinajstić information content (AvgIpc) is 2.67. The third kappa shape index (κ3) is 4.66. The standard InChI is InChI=1S/C12H21N3O2.ClH/c1-4-10-9(11(5-2)17-15-10)7-14-12(16)6-8(3)13;/h8H,4-7,13H2,1-3H3,(H,14,16);1H. The first kappa shape index (κ1) is 16.9. The molecule has 0 aromatic carbocycles. The molecule has 1 heterocycles. The Morgan fingerprint density at radius 3 is 2.61 bits per heavy atom. The van der Waals surface area contributed by atoms with E-state index in [4.69, 9.17) is 10.3 Å². The lowest BCUT2D eigenvalue weighted by Gasteiger charge is -2.07. The van der Waals surface area contributed by atoms with Crippen LogP contribution in [0.5, 0.6) is 0 Å². The quantitative estimate of drug-likeness (QED) is 0.826. The molecular formula is C12H22ClN3O2. The molecule has 0 saturated heterocycles. The summed E-state index contributed by atoms with van der Waals surface area (Å²) in [5, 5.41) is 6.84. The van der Waals surface area contributed by atoms with Crippen LogP contribution < -0.4 is 11.1 Å². The van der Waals surface area contributed by atoms with Gasteiger partial charge in [-0.1, -0.05) is 19.0 Å². The van der Waals surface area contributed by atoms with Gasteiger partial charge in [-0.3, -0.25) is 4.79 Å². The SMILES string of the molecule is CCc1noc(CC)c1CNC(=O)CC(C)N.Cl. The third-order valence-corrected chi connectivity index (χ3v) is 2.58. The molecular weight excluding hydrogens is 254 g/mol. The number of carbonyl (C=O) groups is 1. The number of hydrogen-bond acceptors (Lipinski definition) is 4. The van der Waals surface area contributed by atoms with Crippen molar-refractivity contribution in [3.05, 3.63) is 17.0 Å². The van der Waals surface area contributed by atoms with Crippen LogP contribution in [0.25, 0.3) is 0 Å². The number of carbonyl (C=O) groups excluding carboxylic acids is 1. The van der Waals surface area contributed by atoms with Crippen LogP contribution in [0, 0.1) is 0 Å². The van der Waals surface area contributed by atoms with E-state index >= 15 is 0 Å². The van der Waals surface area contributed by atoms with Gasteiger partial charge in [-0.2, -0.15) is 0 Å². The van der Waals surface area contributed by atoms with Crippen LogP contribution >= 0.6 is 12.4 Å². The maximum absolute atomic E-state index is 11.5. The Bertz CT molecular complexity index is 356. The number of aryl methyl sites for hydroxylation is 2. The van der Waals surface area contributed by atoms with Gasteiger partial charge in [0.05, 0.1) is 5.69 Å². The summed E-state index contributed by atoms with van der Waals surface area (Å²) in [4.78, 5) is 11.5. The topological polar surface area (TPSA) is 81.2 Å². The van der Waals surface area contributed by atoms with Gasteiger partial charge >= 0.3 is 0 Å². The summed E-state index contributed by atoms with van der Waals surface area (Å²) in [7, 11) is 0. The second-order valence-electron chi connectivity index (χ2n) is 4.20. The fourth-order valence-electron chi connectivity index (χ4n) is 1.69. The lowest BCUT2D eigenvalue weighted by molar-refractivity contribution is -0.121. The van der Waals surface area contributed by atoms with E-state index < -0.39 is 0 Å². The molecule has 1 aromatic heterocycles. The van der Waals surface area contributed by atoms with Crippen molar-refractivity contribution >= 4 is 18.3 Å². The largest absolute Gasteiger partial charge is 0.361 e. The summed E-state index contributed by atoms with van der Waals surface area (Å²) in [6, 6.07) is -0.117. The zero-order valence-corrected chi connectivity index (χ0v) is 12.0. The van der Waals surface area contributed by atoms with Gasteiger partial charge in [0.25, 0.3) is 0 Å². The Morgan fingerprint density at radius 2 is 2.11 bits per heavy atom. The van der Waals surface area contributed by atoms with Crippen molar-refractivity contribution in [2.24, 2.45) is 5.73 Å². The minimum Gasteiger partial charge on any atom is -0.361 e. The number of nitrogens with one attached hydrogen (secondary N) is 1. The number of aromatic nitrogens is 1. The van der Waals surface area contributed by atoms with E-state index in [2.05, 4.69) is 10.5 Å². The summed E-state index contributed by atoms with van der Waals surface area (Å²) in [6.45, 7) is 6.31. The highest BCUT2D eigenvalue weighted by Gasteiger charge is 2.14. The van der Waals surface area contributed by atoms with Crippen LogP contribution in [0.2, 0.25) is 0 Å². The van der Waals surface area contributed by atoms with Crippen LogP contribution in [0.3, 0.4) is 0 Å². The second kappa shape index (κ2) is 8.11. The summed E-state index contributed by atoms with van der Waals surface area (Å²) < 4.78 is 5.22. The van der Waals surface area contributed by atoms with E-state index in [-0.39, 0.29) is 24.4 Å². The van der Waals surface area contributed by atoms with Crippen LogP contribution in [-0.2, 0) is 24.2 Å². The first-order valence-electron chi connectivity index (χ1n) is 6.07. The Kier molecular flexibility index (Phi) is 7.62. The number of nitrogens with two attached hydrogens (primary N) is 1. The zero-order chi connectivity index (χ0) is 12.8. The molecule has 1 aromatic rings. The molecule has 6 heteroatoms. The van der Waals surface area contributed by atoms with Crippen molar-refractivity contribution in [1.29, 1.82) is 0 Å². The molecule has 1 rings (SSSR count). The van der Waals surface area contributed by atoms with E-state index in [0.717, 1.165) is 29.9 Å². The lowest BCUT2D eigenvalue weighted by atomic mass is 10.1. The Balaban J connectivity index is 0.00000289. The van der Waals surface area contributed by atoms with Crippen molar-refractivity contribution < 1.29 is 9.32 Å². The van der Waals surface area contributed by atoms with Crippen LogP contribution in [0.15, 0.2) is 4.52 Å². The van der Waals surface area contributed by atoms with Crippen molar-refractivity contribution in [3.63, 3.8) is 0 Å². The minimum atomic E-state index is -0.117. The van der Waals surface area contributed by atoms with Gasteiger partial charge in [0.2, 0.25) is 5.91 Å². The van der Waals surface area contributed by atoms with E-state index in [0.29, 0.717) is 13.0 Å². The maximum atomic E-state index is 11.5. The maximum Gasteiger partial charge on any atom is 0.221 e. The number of amides is 1. The van der Waals surface area contributed by atoms with E-state index in [1.807, 2.05) is 20.8 Å². The van der Waals surface area contributed by atoms with Gasteiger partial charge in [0.1, 0.15) is 5.76 Å². The van der Waals surface area contributed by atoms with Gasteiger partial charge in [0.15, 0.2) is 0 Å². The Labute approximate surface area is 114 Å². The van der Waals surface area contributed by atoms with Crippen LogP contribution in [-0.4, -0.2) is 17.1 Å². The molecule has 0 bridgehead atoms. The molecule has 3 N–H and O–H groups in total. The van der Waals surface area contributed by atoms with Gasteiger partial charge in [0, 0.05) is 31.0 Å². The summed E-state index contributed by atoms with van der Waals surface area (Å²) in [5.41, 5.74) is 7.49. The highest BCUT2D eigenvalue weighted by Crippen LogP contribution is 2.15. The average molecular weight is 276 g/mol. The summed E-state index contributed by atoms with van der Waals surface area (Å²) in [5.74, 6) is 0.813. The molecule has 104 valence electrons. The Hall–Kier alpha value is -1.07. The molecule has 1 atom stereocenters. The van der Waals surface area contributed by atoms with Crippen molar-refractivity contribution in [3.8, 4) is 0 Å². The highest BCUT2D eigenvalue weighted by molar-refractivity contribution is 5.85. The molecule has 0 saturated carbocycles. The van der Waals surface area contributed by atoms with Crippen molar-refractivity contribution in [2.45, 2.75) is 52.6 Å². The molecule has 0 spiro atoms. The molecule has 0 fully saturated rings. The zero-order valence-electron chi connectivity index (χ0n) is 11.2. The monoisotopic (exact) mass is 275 g/mol. The van der Waals surface area contributed by atoms with Crippen LogP contribution in [0.4, 0.5) is 0 Å². The normalized spacial score (nSPS) is 11.8. The molecule has 5 nitrogen and oxygen atoms in total. The first-order chi connectivity index (χ1) is 8.08. The Morgan fingerprint density at radius 1 is 1.44 bits per heavy atom. The van der Waals surface area contributed by atoms with Gasteiger partial charge < -0.3 is 15.6 Å². The predicted octanol–water partition coefficient (Wildman–Crippen LogP) is 1.57. The number of halogens is 1. The van der Waals surface area contributed by atoms with Gasteiger partial charge in [-0.15, -0.1) is 12.4 Å². The molecule has 1 unspecified atom stereocenters. The minimum absolute atomic E-state index is 0. The smallest absolute Gasteiger partial charge is 0.221 e. The predicted molar refractivity (Wildman–Crippen MR) is 72.6 cm³/mol. The highest BCUT2D eigenvalue weighted by atomic mass is 35.5. The second-order valence-corrected chi connectivity index (χ2v) is 4.20. The molecule has 0 radical (unpaired) electrons. The van der Waals surface area contributed by atoms with Crippen molar-refractivity contribution in [2.75, 3.05) is 0 Å². The summed E-state index contributed by atoms with van der Waals surface area (Å²) in [6.07, 6.45) is 1.93. The number of nitrogens with zero attached hydrogens (tertiary/aromatic N) is 1. The van der Waals surface area contributed by atoms with Gasteiger partial charge in [-0.05, 0) is 13.3 Å². The van der Waals surface area contributed by atoms with E-state index in [9.17, 15) is 4.79 Å². The fourth-order valence-corrected chi connectivity index (χ4v) is 1.69. The van der Waals surface area contributed by atoms with Crippen molar-refractivity contribution in [1.82, 2.24) is 10.5 Å².